The van der Waals surface area contributed by atoms with Gasteiger partial charge in [-0.1, -0.05) is 80.9 Å². The van der Waals surface area contributed by atoms with Crippen molar-refractivity contribution in [3.63, 3.8) is 0 Å². The number of halogens is 1. The summed E-state index contributed by atoms with van der Waals surface area (Å²) in [4.78, 5) is 38.0. The molecule has 2 rings (SSSR count). The van der Waals surface area contributed by atoms with Gasteiger partial charge < -0.3 is 51.4 Å². The Morgan fingerprint density at radius 3 is 2.07 bits per heavy atom. The van der Waals surface area contributed by atoms with Crippen LogP contribution in [0.5, 0.6) is 5.75 Å². The number of hydrogen-bond acceptors (Lipinski definition) is 15. The average molecular weight is 1070 g/mol. The Hall–Kier alpha value is -2.64. The van der Waals surface area contributed by atoms with Crippen LogP contribution in [0.3, 0.4) is 0 Å². The molecule has 18 heteroatoms. The number of carbonyl (C=O) groups is 3. The first-order valence-corrected chi connectivity index (χ1v) is 29.3. The fourth-order valence-corrected chi connectivity index (χ4v) is 10.5. The Kier molecular flexibility index (Phi) is 28.7. The van der Waals surface area contributed by atoms with Gasteiger partial charge in [0.15, 0.2) is 20.4 Å². The van der Waals surface area contributed by atoms with Gasteiger partial charge in [-0.2, -0.15) is 0 Å². The lowest BCUT2D eigenvalue weighted by molar-refractivity contribution is -0.318. The van der Waals surface area contributed by atoms with E-state index in [1.807, 2.05) is 57.2 Å². The first-order chi connectivity index (χ1) is 32.7. The molecule has 0 spiro atoms. The summed E-state index contributed by atoms with van der Waals surface area (Å²) < 4.78 is 79.5. The molecule has 0 N–H and O–H groups in total. The van der Waals surface area contributed by atoms with Gasteiger partial charge in [-0.3, -0.25) is 18.9 Å². The van der Waals surface area contributed by atoms with Crippen LogP contribution in [0.15, 0.2) is 71.3 Å². The number of benzene rings is 1. The number of allylic oxidation sites excluding steroid dienone is 6. The van der Waals surface area contributed by atoms with Gasteiger partial charge in [0.25, 0.3) is 0 Å². The molecule has 1 heterocycles. The number of esters is 1. The van der Waals surface area contributed by atoms with E-state index in [1.165, 1.54) is 12.2 Å². The van der Waals surface area contributed by atoms with E-state index >= 15 is 0 Å². The van der Waals surface area contributed by atoms with Crippen molar-refractivity contribution in [3.8, 4) is 5.75 Å². The third-order valence-corrected chi connectivity index (χ3v) is 19.3. The molecular weight excluding hydrogens is 992 g/mol. The lowest BCUT2D eigenvalue weighted by atomic mass is 9.94. The molecule has 0 saturated carbocycles. The maximum atomic E-state index is 13.9. The van der Waals surface area contributed by atoms with E-state index in [-0.39, 0.29) is 30.6 Å². The van der Waals surface area contributed by atoms with E-state index in [0.717, 1.165) is 11.3 Å². The fraction of sp³-hybridized carbons (Fsp3) is 0.667. The van der Waals surface area contributed by atoms with Crippen molar-refractivity contribution in [1.29, 1.82) is 0 Å². The van der Waals surface area contributed by atoms with Crippen molar-refractivity contribution in [2.45, 2.75) is 167 Å². The summed E-state index contributed by atoms with van der Waals surface area (Å²) in [6.07, 6.45) is 9.66. The van der Waals surface area contributed by atoms with E-state index < -0.39 is 89.1 Å². The molecule has 0 aromatic heterocycles. The van der Waals surface area contributed by atoms with Crippen molar-refractivity contribution >= 4 is 49.9 Å². The summed E-state index contributed by atoms with van der Waals surface area (Å²) in [5.74, 6) is -0.586. The van der Waals surface area contributed by atoms with E-state index in [1.54, 1.807) is 60.5 Å². The van der Waals surface area contributed by atoms with Crippen LogP contribution < -0.4 is 4.74 Å². The quantitative estimate of drug-likeness (QED) is 0.0163. The predicted octanol–water partition coefficient (Wildman–Crippen LogP) is 10.6. The molecule has 10 atom stereocenters. The van der Waals surface area contributed by atoms with Crippen LogP contribution in [0.4, 0.5) is 0 Å². The van der Waals surface area contributed by atoms with Crippen molar-refractivity contribution in [3.05, 3.63) is 76.8 Å². The number of aldehydes is 1. The highest BCUT2D eigenvalue weighted by atomic mass is 79.9. The largest absolute Gasteiger partial charge is 0.497 e. The molecule has 392 valence electrons. The van der Waals surface area contributed by atoms with Crippen LogP contribution in [0, 0.1) is 5.92 Å². The fourth-order valence-electron chi connectivity index (χ4n) is 7.42. The monoisotopic (exact) mass is 1070 g/mol. The Balaban J connectivity index is 2.41. The summed E-state index contributed by atoms with van der Waals surface area (Å²) in [7, 11) is 0.337. The van der Waals surface area contributed by atoms with Gasteiger partial charge in [0.2, 0.25) is 0 Å². The van der Waals surface area contributed by atoms with Crippen molar-refractivity contribution < 1.29 is 70.3 Å². The number of ether oxygens (including phenoxy) is 8. The highest BCUT2D eigenvalue weighted by molar-refractivity contribution is 9.11. The second-order valence-corrected chi connectivity index (χ2v) is 26.1. The Morgan fingerprint density at radius 1 is 0.884 bits per heavy atom. The van der Waals surface area contributed by atoms with E-state index in [9.17, 15) is 18.9 Å². The topological polar surface area (TPSA) is 170 Å². The van der Waals surface area contributed by atoms with Gasteiger partial charge >= 0.3 is 13.6 Å². The molecule has 0 amide bonds. The lowest BCUT2D eigenvalue weighted by Crippen LogP contribution is -2.60. The first kappa shape index (κ1) is 62.5. The number of ketones is 1. The van der Waals surface area contributed by atoms with Crippen LogP contribution >= 0.6 is 23.5 Å². The van der Waals surface area contributed by atoms with Crippen LogP contribution in [-0.2, 0) is 72.2 Å². The molecule has 1 aromatic carbocycles. The molecule has 1 fully saturated rings. The molecule has 1 aliphatic rings. The van der Waals surface area contributed by atoms with Gasteiger partial charge in [0.1, 0.15) is 42.6 Å². The average Bonchev–Trinajstić information content (AvgIpc) is 3.29. The Bertz CT molecular complexity index is 1840. The van der Waals surface area contributed by atoms with Crippen LogP contribution in [0.25, 0.3) is 0 Å². The normalized spacial score (nSPS) is 21.9. The maximum Gasteiger partial charge on any atom is 0.341 e. The molecule has 1 saturated heterocycles. The number of carbonyl (C=O) groups excluding carboxylic acids is 3. The van der Waals surface area contributed by atoms with Gasteiger partial charge in [0, 0.05) is 31.7 Å². The molecule has 0 aliphatic carbocycles. The third kappa shape index (κ3) is 21.2. The standard InChI is InChI=1S/C51H82BrO15PSi/c1-15-40(65-46(55)35-68(56,62-16-2)63-17-3)24-21-27-43(61-34-38-28-30-41(57-9)31-29-38)36(4)42(54)25-19-18-20-26-44(66-50-49(60-12)48(59-11)47(58-10)37(5)64-50)45(33-39(52)23-22-32-53)67-69(13,14)51(6,7)8/h18-20,22-23,25,28-33,36-37,40,43-45,47-50H,15-17,21,24,26-27,34-35H2,1-14H3/b20-18+,23-22+,25-19+,39-33-/t36-,37-,40-,43-,44-,45+,47-,48+,49+,50-/m0/s1. The van der Waals surface area contributed by atoms with Crippen LogP contribution in [0.2, 0.25) is 18.1 Å². The minimum Gasteiger partial charge on any atom is -0.497 e. The summed E-state index contributed by atoms with van der Waals surface area (Å²) in [6.45, 7) is 20.4. The summed E-state index contributed by atoms with van der Waals surface area (Å²) in [6, 6.07) is 7.55. The smallest absolute Gasteiger partial charge is 0.341 e. The van der Waals surface area contributed by atoms with Gasteiger partial charge in [-0.25, -0.2) is 0 Å². The minimum atomic E-state index is -3.61. The SMILES string of the molecule is CCOP(=O)(CC(=O)O[C@@H](CC)CCC[C@H](OCc1ccc(OC)cc1)[C@@H](C)C(=O)/C=C/C=C/C[C@H](O[C@@H]1O[C@@H](C)[C@H](OC)[C@@H](OC)[C@H]1OC)[C@@H](/C=C(Br)/C=C/C=O)O[Si](C)(C)C(C)(C)C)OCC. The lowest BCUT2D eigenvalue weighted by Gasteiger charge is -2.46. The predicted molar refractivity (Wildman–Crippen MR) is 274 cm³/mol. The zero-order chi connectivity index (χ0) is 51.8. The van der Waals surface area contributed by atoms with E-state index in [4.69, 9.17) is 51.4 Å². The molecule has 1 aliphatic heterocycles. The number of methoxy groups -OCH3 is 4. The maximum absolute atomic E-state index is 13.9. The molecule has 0 unspecified atom stereocenters. The molecule has 0 radical (unpaired) electrons. The molecule has 15 nitrogen and oxygen atoms in total. The summed E-state index contributed by atoms with van der Waals surface area (Å²) in [5.41, 5.74) is 0.919. The Morgan fingerprint density at radius 2 is 1.52 bits per heavy atom. The van der Waals surface area contributed by atoms with E-state index in [2.05, 4.69) is 49.8 Å². The van der Waals surface area contributed by atoms with E-state index in [0.29, 0.717) is 42.9 Å². The zero-order valence-electron chi connectivity index (χ0n) is 43.5. The molecule has 0 bridgehead atoms. The molecule has 69 heavy (non-hydrogen) atoms. The second kappa shape index (κ2) is 31.7. The molecule has 1 aromatic rings. The highest BCUT2D eigenvalue weighted by Crippen LogP contribution is 2.48. The number of rotatable bonds is 33. The molecular formula is C51H82BrO15PSi. The summed E-state index contributed by atoms with van der Waals surface area (Å²) in [5, 5.41) is -0.149. The van der Waals surface area contributed by atoms with Crippen molar-refractivity contribution in [2.24, 2.45) is 5.92 Å². The second-order valence-electron chi connectivity index (χ2n) is 18.3. The van der Waals surface area contributed by atoms with Gasteiger partial charge in [-0.05, 0) is 113 Å². The van der Waals surface area contributed by atoms with Crippen molar-refractivity contribution in [2.75, 3.05) is 47.8 Å². The van der Waals surface area contributed by atoms with Crippen LogP contribution in [0.1, 0.15) is 93.1 Å². The first-order valence-electron chi connectivity index (χ1n) is 23.9. The van der Waals surface area contributed by atoms with Crippen molar-refractivity contribution in [1.82, 2.24) is 0 Å². The Labute approximate surface area is 422 Å². The third-order valence-electron chi connectivity index (χ3n) is 12.4. The van der Waals surface area contributed by atoms with Crippen LogP contribution in [-0.4, -0.2) is 129 Å². The highest BCUT2D eigenvalue weighted by Gasteiger charge is 2.48. The zero-order valence-corrected chi connectivity index (χ0v) is 47.0. The number of hydrogen-bond donors (Lipinski definition) is 0. The minimum absolute atomic E-state index is 0.132. The van der Waals surface area contributed by atoms with Gasteiger partial charge in [0.05, 0.1) is 51.3 Å². The summed E-state index contributed by atoms with van der Waals surface area (Å²) >= 11 is 3.61. The van der Waals surface area contributed by atoms with Gasteiger partial charge in [-0.15, -0.1) is 0 Å².